The first-order chi connectivity index (χ1) is 9.63. The number of rotatable bonds is 5. The topological polar surface area (TPSA) is 50.0 Å². The van der Waals surface area contributed by atoms with Gasteiger partial charge in [-0.15, -0.1) is 0 Å². The Morgan fingerprint density at radius 3 is 2.85 bits per heavy atom. The monoisotopic (exact) mass is 289 g/mol. The zero-order valence-electron chi connectivity index (χ0n) is 11.5. The summed E-state index contributed by atoms with van der Waals surface area (Å²) < 4.78 is 7.36. The fourth-order valence-electron chi connectivity index (χ4n) is 1.96. The number of ether oxygens (including phenoxy) is 1. The molecule has 0 saturated carbocycles. The van der Waals surface area contributed by atoms with Gasteiger partial charge in [-0.05, 0) is 36.8 Å². The van der Waals surface area contributed by atoms with Crippen molar-refractivity contribution in [3.8, 4) is 11.8 Å². The molecule has 0 bridgehead atoms. The van der Waals surface area contributed by atoms with Gasteiger partial charge in [0.15, 0.2) is 0 Å². The number of hydrogen-bond acceptors (Lipinski definition) is 3. The molecule has 1 aromatic heterocycles. The maximum Gasteiger partial charge on any atom is 0.142 e. The smallest absolute Gasteiger partial charge is 0.142 e. The van der Waals surface area contributed by atoms with E-state index in [4.69, 9.17) is 21.6 Å². The molecule has 0 aliphatic heterocycles. The Bertz CT molecular complexity index is 643. The Kier molecular flexibility index (Phi) is 4.54. The van der Waals surface area contributed by atoms with E-state index in [0.29, 0.717) is 23.9 Å². The second-order valence-electron chi connectivity index (χ2n) is 4.38. The second kappa shape index (κ2) is 6.36. The van der Waals surface area contributed by atoms with Gasteiger partial charge in [-0.25, -0.2) is 0 Å². The van der Waals surface area contributed by atoms with Crippen LogP contribution in [0.25, 0.3) is 0 Å². The molecule has 1 N–H and O–H groups in total. The van der Waals surface area contributed by atoms with Crippen molar-refractivity contribution in [2.45, 2.75) is 13.5 Å². The van der Waals surface area contributed by atoms with Gasteiger partial charge in [-0.2, -0.15) is 5.26 Å². The highest BCUT2D eigenvalue weighted by Gasteiger charge is 2.06. The molecule has 4 nitrogen and oxygen atoms in total. The third-order valence-corrected chi connectivity index (χ3v) is 3.14. The van der Waals surface area contributed by atoms with Gasteiger partial charge in [-0.1, -0.05) is 11.6 Å². The van der Waals surface area contributed by atoms with E-state index in [-0.39, 0.29) is 0 Å². The van der Waals surface area contributed by atoms with E-state index in [9.17, 15) is 0 Å². The van der Waals surface area contributed by atoms with Crippen molar-refractivity contribution >= 4 is 17.3 Å². The van der Waals surface area contributed by atoms with Gasteiger partial charge in [0, 0.05) is 24.8 Å². The van der Waals surface area contributed by atoms with Crippen LogP contribution in [0.2, 0.25) is 5.02 Å². The Labute approximate surface area is 123 Å². The molecule has 5 heteroatoms. The number of nitrogens with zero attached hydrogens (tertiary/aromatic N) is 2. The number of hydrogen-bond donors (Lipinski definition) is 1. The summed E-state index contributed by atoms with van der Waals surface area (Å²) in [5.41, 5.74) is 2.52. The highest BCUT2D eigenvalue weighted by molar-refractivity contribution is 6.30. The fraction of sp³-hybridized carbons (Fsp3) is 0.267. The summed E-state index contributed by atoms with van der Waals surface area (Å²) in [5.74, 6) is 0.772. The minimum absolute atomic E-state index is 0.597. The minimum atomic E-state index is 0.597. The molecular formula is C15H16ClN3O. The summed E-state index contributed by atoms with van der Waals surface area (Å²) in [5, 5.41) is 12.9. The Hall–Kier alpha value is -2.12. The highest BCUT2D eigenvalue weighted by Crippen LogP contribution is 2.28. The maximum atomic E-state index is 8.94. The van der Waals surface area contributed by atoms with E-state index in [1.165, 1.54) is 0 Å². The summed E-state index contributed by atoms with van der Waals surface area (Å²) in [4.78, 5) is 0. The molecule has 0 spiro atoms. The molecule has 2 aromatic rings. The summed E-state index contributed by atoms with van der Waals surface area (Å²) in [6.45, 7) is 3.14. The van der Waals surface area contributed by atoms with Crippen LogP contribution in [0.1, 0.15) is 18.2 Å². The lowest BCUT2D eigenvalue weighted by Crippen LogP contribution is -2.02. The Morgan fingerprint density at radius 2 is 2.20 bits per heavy atom. The van der Waals surface area contributed by atoms with Crippen molar-refractivity contribution < 1.29 is 4.74 Å². The van der Waals surface area contributed by atoms with Gasteiger partial charge in [0.1, 0.15) is 17.5 Å². The number of aromatic nitrogens is 1. The summed E-state index contributed by atoms with van der Waals surface area (Å²) in [7, 11) is 1.85. The van der Waals surface area contributed by atoms with Crippen molar-refractivity contribution in [2.75, 3.05) is 11.9 Å². The molecular weight excluding hydrogens is 274 g/mol. The zero-order chi connectivity index (χ0) is 14.5. The van der Waals surface area contributed by atoms with E-state index in [0.717, 1.165) is 17.0 Å². The van der Waals surface area contributed by atoms with Gasteiger partial charge in [0.05, 0.1) is 12.3 Å². The van der Waals surface area contributed by atoms with E-state index < -0.39 is 0 Å². The lowest BCUT2D eigenvalue weighted by Gasteiger charge is -2.12. The van der Waals surface area contributed by atoms with E-state index in [1.54, 1.807) is 10.6 Å². The fourth-order valence-corrected chi connectivity index (χ4v) is 2.13. The number of benzene rings is 1. The summed E-state index contributed by atoms with van der Waals surface area (Å²) in [6, 6.07) is 9.48. The number of aryl methyl sites for hydroxylation is 1. The van der Waals surface area contributed by atoms with Crippen LogP contribution in [0.5, 0.6) is 5.75 Å². The van der Waals surface area contributed by atoms with Crippen molar-refractivity contribution in [1.29, 1.82) is 5.26 Å². The van der Waals surface area contributed by atoms with E-state index in [2.05, 4.69) is 11.4 Å². The quantitative estimate of drug-likeness (QED) is 0.915. The van der Waals surface area contributed by atoms with Gasteiger partial charge >= 0.3 is 0 Å². The van der Waals surface area contributed by atoms with E-state index >= 15 is 0 Å². The maximum absolute atomic E-state index is 8.94. The summed E-state index contributed by atoms with van der Waals surface area (Å²) >= 11 is 6.01. The molecule has 0 fully saturated rings. The molecule has 1 aromatic carbocycles. The number of halogens is 1. The third-order valence-electron chi connectivity index (χ3n) is 2.90. The molecule has 1 heterocycles. The first-order valence-electron chi connectivity index (χ1n) is 6.35. The van der Waals surface area contributed by atoms with Crippen LogP contribution in [-0.2, 0) is 13.6 Å². The molecule has 0 aliphatic rings. The van der Waals surface area contributed by atoms with Crippen molar-refractivity contribution in [2.24, 2.45) is 7.05 Å². The molecule has 0 amide bonds. The van der Waals surface area contributed by atoms with Crippen LogP contribution in [0.15, 0.2) is 30.5 Å². The van der Waals surface area contributed by atoms with Crippen LogP contribution in [-0.4, -0.2) is 11.2 Å². The zero-order valence-corrected chi connectivity index (χ0v) is 12.2. The van der Waals surface area contributed by atoms with E-state index in [1.807, 2.05) is 38.4 Å². The molecule has 0 atom stereocenters. The average Bonchev–Trinajstić information content (AvgIpc) is 2.79. The predicted octanol–water partition coefficient (Wildman–Crippen LogP) is 3.56. The number of anilines is 1. The van der Waals surface area contributed by atoms with Crippen LogP contribution in [0.4, 0.5) is 5.69 Å². The van der Waals surface area contributed by atoms with Crippen LogP contribution >= 0.6 is 11.6 Å². The normalized spacial score (nSPS) is 10.1. The van der Waals surface area contributed by atoms with Gasteiger partial charge < -0.3 is 14.6 Å². The predicted molar refractivity (Wildman–Crippen MR) is 80.1 cm³/mol. The third kappa shape index (κ3) is 3.25. The lowest BCUT2D eigenvalue weighted by atomic mass is 10.2. The molecule has 0 saturated heterocycles. The Balaban J connectivity index is 2.13. The number of nitriles is 1. The van der Waals surface area contributed by atoms with Crippen molar-refractivity contribution in [3.05, 3.63) is 46.7 Å². The minimum Gasteiger partial charge on any atom is -0.492 e. The van der Waals surface area contributed by atoms with Crippen molar-refractivity contribution in [1.82, 2.24) is 4.57 Å². The van der Waals surface area contributed by atoms with Gasteiger partial charge in [0.2, 0.25) is 0 Å². The second-order valence-corrected chi connectivity index (χ2v) is 4.82. The molecule has 2 rings (SSSR count). The van der Waals surface area contributed by atoms with Crippen molar-refractivity contribution in [3.63, 3.8) is 0 Å². The SMILES string of the molecule is CCOc1ccc(Cl)cc1NCc1cc(C#N)n(C)c1. The molecule has 0 aliphatic carbocycles. The number of nitrogens with one attached hydrogen (secondary N) is 1. The molecule has 20 heavy (non-hydrogen) atoms. The summed E-state index contributed by atoms with van der Waals surface area (Å²) in [6.07, 6.45) is 1.93. The van der Waals surface area contributed by atoms with Crippen LogP contribution in [0.3, 0.4) is 0 Å². The van der Waals surface area contributed by atoms with Gasteiger partial charge in [0.25, 0.3) is 0 Å². The Morgan fingerprint density at radius 1 is 1.40 bits per heavy atom. The largest absolute Gasteiger partial charge is 0.492 e. The molecule has 0 unspecified atom stereocenters. The standard InChI is InChI=1S/C15H16ClN3O/c1-3-20-15-5-4-12(16)7-14(15)18-9-11-6-13(8-17)19(2)10-11/h4-7,10,18H,3,9H2,1-2H3. The molecule has 104 valence electrons. The van der Waals surface area contributed by atoms with Gasteiger partial charge in [-0.3, -0.25) is 0 Å². The first-order valence-corrected chi connectivity index (χ1v) is 6.73. The van der Waals surface area contributed by atoms with Crippen LogP contribution in [0, 0.1) is 11.3 Å². The molecule has 0 radical (unpaired) electrons. The first kappa shape index (κ1) is 14.3. The highest BCUT2D eigenvalue weighted by atomic mass is 35.5. The average molecular weight is 290 g/mol. The van der Waals surface area contributed by atoms with Crippen LogP contribution < -0.4 is 10.1 Å². The lowest BCUT2D eigenvalue weighted by molar-refractivity contribution is 0.341.